The van der Waals surface area contributed by atoms with E-state index >= 15 is 0 Å². The summed E-state index contributed by atoms with van der Waals surface area (Å²) in [7, 11) is 0. The van der Waals surface area contributed by atoms with Gasteiger partial charge in [0.1, 0.15) is 0 Å². The van der Waals surface area contributed by atoms with Crippen LogP contribution in [0.1, 0.15) is 25.0 Å². The highest BCUT2D eigenvalue weighted by atomic mass is 35.5. The van der Waals surface area contributed by atoms with Crippen molar-refractivity contribution in [1.82, 2.24) is 4.90 Å². The Hall–Kier alpha value is -0.930. The van der Waals surface area contributed by atoms with Crippen LogP contribution in [-0.4, -0.2) is 24.5 Å². The fraction of sp³-hybridized carbons (Fsp3) is 0.300. The summed E-state index contributed by atoms with van der Waals surface area (Å²) in [6.07, 6.45) is 4.41. The first-order valence-electron chi connectivity index (χ1n) is 8.18. The Bertz CT molecular complexity index is 664. The minimum Gasteiger partial charge on any atom is -0.300 e. The van der Waals surface area contributed by atoms with E-state index in [-0.39, 0.29) is 0 Å². The first kappa shape index (κ1) is 19.4. The predicted octanol–water partition coefficient (Wildman–Crippen LogP) is 6.64. The zero-order valence-corrected chi connectivity index (χ0v) is 16.5. The second-order valence-corrected chi connectivity index (χ2v) is 7.37. The van der Waals surface area contributed by atoms with Crippen LogP contribution in [0.15, 0.2) is 53.4 Å². The Kier molecular flexibility index (Phi) is 8.20. The van der Waals surface area contributed by atoms with Gasteiger partial charge in [-0.05, 0) is 48.5 Å². The van der Waals surface area contributed by atoms with Crippen LogP contribution in [0.2, 0.25) is 10.0 Å². The van der Waals surface area contributed by atoms with Crippen molar-refractivity contribution in [3.8, 4) is 0 Å². The molecule has 0 atom stereocenters. The van der Waals surface area contributed by atoms with Crippen molar-refractivity contribution in [2.24, 2.45) is 0 Å². The van der Waals surface area contributed by atoms with Crippen molar-refractivity contribution in [2.75, 3.05) is 19.6 Å². The van der Waals surface area contributed by atoms with Gasteiger partial charge < -0.3 is 4.90 Å². The van der Waals surface area contributed by atoms with Crippen LogP contribution in [0.4, 0.5) is 0 Å². The molecule has 1 nitrogen and oxygen atoms in total. The molecule has 2 aromatic rings. The van der Waals surface area contributed by atoms with Crippen LogP contribution in [0.5, 0.6) is 0 Å². The molecule has 0 saturated heterocycles. The maximum Gasteiger partial charge on any atom is 0.0461 e. The lowest BCUT2D eigenvalue weighted by atomic mass is 10.2. The van der Waals surface area contributed by atoms with Crippen LogP contribution >= 0.6 is 35.0 Å². The molecule has 0 fully saturated rings. The first-order valence-corrected chi connectivity index (χ1v) is 9.92. The summed E-state index contributed by atoms with van der Waals surface area (Å²) in [6.45, 7) is 7.55. The van der Waals surface area contributed by atoms with Gasteiger partial charge in [0, 0.05) is 27.2 Å². The van der Waals surface area contributed by atoms with Crippen molar-refractivity contribution in [2.45, 2.75) is 24.5 Å². The molecule has 0 unspecified atom stereocenters. The topological polar surface area (TPSA) is 3.24 Å². The number of likely N-dealkylation sites (N-methyl/N-ethyl adjacent to an activating group) is 1. The molecule has 0 bridgehead atoms. The first-order chi connectivity index (χ1) is 11.6. The lowest BCUT2D eigenvalue weighted by Gasteiger charge is -2.14. The van der Waals surface area contributed by atoms with Crippen molar-refractivity contribution in [1.29, 1.82) is 0 Å². The minimum atomic E-state index is 0.676. The normalized spacial score (nSPS) is 11.5. The molecule has 128 valence electrons. The van der Waals surface area contributed by atoms with E-state index < -0.39 is 0 Å². The molecule has 2 aromatic carbocycles. The fourth-order valence-electron chi connectivity index (χ4n) is 2.29. The molecule has 0 saturated carbocycles. The molecule has 0 N–H and O–H groups in total. The zero-order chi connectivity index (χ0) is 17.4. The third-order valence-corrected chi connectivity index (χ3v) is 5.51. The van der Waals surface area contributed by atoms with Gasteiger partial charge in [0.2, 0.25) is 0 Å². The molecular weight excluding hydrogens is 357 g/mol. The van der Waals surface area contributed by atoms with E-state index in [2.05, 4.69) is 55.2 Å². The van der Waals surface area contributed by atoms with Gasteiger partial charge >= 0.3 is 0 Å². The summed E-state index contributed by atoms with van der Waals surface area (Å²) in [4.78, 5) is 3.62. The summed E-state index contributed by atoms with van der Waals surface area (Å²) in [5.41, 5.74) is 2.34. The number of hydrogen-bond donors (Lipinski definition) is 0. The molecular formula is C20H23Cl2NS. The van der Waals surface area contributed by atoms with E-state index in [1.807, 2.05) is 12.1 Å². The highest BCUT2D eigenvalue weighted by Crippen LogP contribution is 2.28. The predicted molar refractivity (Wildman–Crippen MR) is 109 cm³/mol. The monoisotopic (exact) mass is 379 g/mol. The average Bonchev–Trinajstić information content (AvgIpc) is 2.59. The lowest BCUT2D eigenvalue weighted by molar-refractivity contribution is 0.338. The van der Waals surface area contributed by atoms with Crippen LogP contribution in [0.3, 0.4) is 0 Å². The van der Waals surface area contributed by atoms with Crippen molar-refractivity contribution in [3.05, 3.63) is 69.7 Å². The van der Waals surface area contributed by atoms with Crippen molar-refractivity contribution < 1.29 is 0 Å². The van der Waals surface area contributed by atoms with Crippen LogP contribution < -0.4 is 0 Å². The second kappa shape index (κ2) is 10.1. The van der Waals surface area contributed by atoms with Crippen LogP contribution in [0, 0.1) is 0 Å². The smallest absolute Gasteiger partial charge is 0.0461 e. The van der Waals surface area contributed by atoms with Crippen LogP contribution in [0.25, 0.3) is 6.08 Å². The molecule has 0 heterocycles. The Morgan fingerprint density at radius 1 is 1.00 bits per heavy atom. The standard InChI is InChI=1S/C20H23Cl2NS/c1-3-23(4-2)13-5-6-16-7-11-19(12-8-16)24-15-17-9-10-18(21)14-20(17)22/h5-12,14H,3-4,13,15H2,1-2H3. The highest BCUT2D eigenvalue weighted by molar-refractivity contribution is 7.98. The van der Waals surface area contributed by atoms with E-state index in [1.54, 1.807) is 17.8 Å². The largest absolute Gasteiger partial charge is 0.300 e. The number of halogens is 2. The maximum absolute atomic E-state index is 6.22. The Morgan fingerprint density at radius 2 is 1.71 bits per heavy atom. The molecule has 0 aliphatic heterocycles. The fourth-order valence-corrected chi connectivity index (χ4v) is 3.75. The summed E-state index contributed by atoms with van der Waals surface area (Å²) in [5, 5.41) is 1.40. The molecule has 24 heavy (non-hydrogen) atoms. The Morgan fingerprint density at radius 3 is 2.33 bits per heavy atom. The quantitative estimate of drug-likeness (QED) is 0.472. The molecule has 0 radical (unpaired) electrons. The van der Waals surface area contributed by atoms with E-state index in [4.69, 9.17) is 23.2 Å². The molecule has 0 spiro atoms. The third kappa shape index (κ3) is 6.18. The van der Waals surface area contributed by atoms with Gasteiger partial charge in [0.25, 0.3) is 0 Å². The molecule has 0 amide bonds. The van der Waals surface area contributed by atoms with Gasteiger partial charge in [-0.1, -0.05) is 67.4 Å². The molecule has 0 aliphatic rings. The van der Waals surface area contributed by atoms with Gasteiger partial charge in [-0.3, -0.25) is 0 Å². The van der Waals surface area contributed by atoms with E-state index in [1.165, 1.54) is 10.5 Å². The van der Waals surface area contributed by atoms with Gasteiger partial charge in [0.05, 0.1) is 0 Å². The maximum atomic E-state index is 6.22. The molecule has 0 aliphatic carbocycles. The van der Waals surface area contributed by atoms with Gasteiger partial charge in [0.15, 0.2) is 0 Å². The summed E-state index contributed by atoms with van der Waals surface area (Å²) in [6, 6.07) is 14.3. The SMILES string of the molecule is CCN(CC)CC=Cc1ccc(SCc2ccc(Cl)cc2Cl)cc1. The van der Waals surface area contributed by atoms with Crippen molar-refractivity contribution >= 4 is 41.0 Å². The van der Waals surface area contributed by atoms with Crippen molar-refractivity contribution in [3.63, 3.8) is 0 Å². The van der Waals surface area contributed by atoms with Crippen LogP contribution in [-0.2, 0) is 5.75 Å². The zero-order valence-electron chi connectivity index (χ0n) is 14.1. The summed E-state index contributed by atoms with van der Waals surface area (Å²) in [5.74, 6) is 0.840. The summed E-state index contributed by atoms with van der Waals surface area (Å²) >= 11 is 13.9. The Balaban J connectivity index is 1.88. The molecule has 2 rings (SSSR count). The minimum absolute atomic E-state index is 0.676. The van der Waals surface area contributed by atoms with Gasteiger partial charge in [-0.2, -0.15) is 0 Å². The van der Waals surface area contributed by atoms with E-state index in [9.17, 15) is 0 Å². The molecule has 4 heteroatoms. The Labute approximate surface area is 159 Å². The van der Waals surface area contributed by atoms with Gasteiger partial charge in [-0.25, -0.2) is 0 Å². The second-order valence-electron chi connectivity index (χ2n) is 5.48. The average molecular weight is 380 g/mol. The van der Waals surface area contributed by atoms with E-state index in [0.717, 1.165) is 36.0 Å². The van der Waals surface area contributed by atoms with Gasteiger partial charge in [-0.15, -0.1) is 11.8 Å². The highest BCUT2D eigenvalue weighted by Gasteiger charge is 2.02. The third-order valence-electron chi connectivity index (χ3n) is 3.86. The number of thioether (sulfide) groups is 1. The summed E-state index contributed by atoms with van der Waals surface area (Å²) < 4.78 is 0. The number of nitrogens with zero attached hydrogens (tertiary/aromatic N) is 1. The number of rotatable bonds is 8. The number of benzene rings is 2. The molecule has 0 aromatic heterocycles. The lowest BCUT2D eigenvalue weighted by Crippen LogP contribution is -2.22. The number of hydrogen-bond acceptors (Lipinski definition) is 2. The van der Waals surface area contributed by atoms with E-state index in [0.29, 0.717) is 5.02 Å².